The Bertz CT molecular complexity index is 1210. The van der Waals surface area contributed by atoms with Crippen LogP contribution in [0.2, 0.25) is 10.0 Å². The second-order valence-corrected chi connectivity index (χ2v) is 9.01. The predicted octanol–water partition coefficient (Wildman–Crippen LogP) is 5.76. The topological polar surface area (TPSA) is 48.4 Å². The van der Waals surface area contributed by atoms with Crippen LogP contribution in [0.1, 0.15) is 18.7 Å². The number of nitrogens with zero attached hydrogens (tertiary/aromatic N) is 4. The summed E-state index contributed by atoms with van der Waals surface area (Å²) in [5.41, 5.74) is 3.76. The number of amidine groups is 1. The van der Waals surface area contributed by atoms with E-state index in [-0.39, 0.29) is 11.9 Å². The number of hydrazone groups is 1. The van der Waals surface area contributed by atoms with E-state index in [9.17, 15) is 4.79 Å². The Morgan fingerprint density at radius 2 is 1.56 bits per heavy atom. The third kappa shape index (κ3) is 4.37. The van der Waals surface area contributed by atoms with Crippen LogP contribution in [0.3, 0.4) is 0 Å². The van der Waals surface area contributed by atoms with Gasteiger partial charge in [0.1, 0.15) is 0 Å². The molecule has 0 amide bonds. The van der Waals surface area contributed by atoms with E-state index in [1.54, 1.807) is 12.1 Å². The molecule has 0 saturated carbocycles. The fraction of sp³-hybridized carbons (Fsp3) is 0.231. The van der Waals surface area contributed by atoms with E-state index in [1.165, 1.54) is 6.92 Å². The largest absolute Gasteiger partial charge is 0.378 e. The van der Waals surface area contributed by atoms with Crippen molar-refractivity contribution in [2.75, 3.05) is 41.1 Å². The van der Waals surface area contributed by atoms with E-state index in [1.807, 2.05) is 46.3 Å². The van der Waals surface area contributed by atoms with Gasteiger partial charge in [0, 0.05) is 31.4 Å². The second kappa shape index (κ2) is 9.66. The van der Waals surface area contributed by atoms with Crippen LogP contribution in [0.15, 0.2) is 77.9 Å². The lowest BCUT2D eigenvalue weighted by atomic mass is 10.1. The van der Waals surface area contributed by atoms with Gasteiger partial charge in [0.25, 0.3) is 0 Å². The normalized spacial score (nSPS) is 18.3. The van der Waals surface area contributed by atoms with Gasteiger partial charge < -0.3 is 9.64 Å². The summed E-state index contributed by atoms with van der Waals surface area (Å²) in [6.45, 7) is 4.72. The highest BCUT2D eigenvalue weighted by atomic mass is 35.5. The number of hydrogen-bond donors (Lipinski definition) is 0. The monoisotopic (exact) mass is 494 g/mol. The summed E-state index contributed by atoms with van der Waals surface area (Å²) in [7, 11) is 0. The molecule has 0 aliphatic carbocycles. The van der Waals surface area contributed by atoms with Crippen molar-refractivity contribution in [1.82, 2.24) is 0 Å². The number of carbonyl (C=O) groups is 1. The van der Waals surface area contributed by atoms with Gasteiger partial charge >= 0.3 is 0 Å². The Morgan fingerprint density at radius 1 is 0.882 bits per heavy atom. The first-order valence-electron chi connectivity index (χ1n) is 11.1. The number of ketones is 1. The van der Waals surface area contributed by atoms with Crippen molar-refractivity contribution in [3.05, 3.63) is 88.4 Å². The summed E-state index contributed by atoms with van der Waals surface area (Å²) in [6.07, 6.45) is -0.378. The molecule has 2 heterocycles. The lowest BCUT2D eigenvalue weighted by Gasteiger charge is -2.33. The number of hydrogen-bond acceptors (Lipinski definition) is 6. The average molecular weight is 495 g/mol. The SMILES string of the molecule is CC(=O)C1=NN(c2ccccc2)C(c2ccc(N3CCOCC3)cc2)N1c1ccc(Cl)c(Cl)c1. The van der Waals surface area contributed by atoms with Gasteiger partial charge in [-0.05, 0) is 48.0 Å². The fourth-order valence-corrected chi connectivity index (χ4v) is 4.61. The second-order valence-electron chi connectivity index (χ2n) is 8.19. The fourth-order valence-electron chi connectivity index (χ4n) is 4.32. The molecule has 0 spiro atoms. The molecule has 0 aromatic heterocycles. The molecule has 2 aliphatic rings. The number of ether oxygens (including phenoxy) is 1. The molecular weight excluding hydrogens is 471 g/mol. The van der Waals surface area contributed by atoms with E-state index >= 15 is 0 Å². The molecule has 1 saturated heterocycles. The Balaban J connectivity index is 1.60. The van der Waals surface area contributed by atoms with Crippen LogP contribution in [0.5, 0.6) is 0 Å². The lowest BCUT2D eigenvalue weighted by Crippen LogP contribution is -2.38. The van der Waals surface area contributed by atoms with Gasteiger partial charge in [-0.2, -0.15) is 0 Å². The molecule has 6 nitrogen and oxygen atoms in total. The molecular formula is C26H24Cl2N4O2. The van der Waals surface area contributed by atoms with Gasteiger partial charge in [-0.25, -0.2) is 5.01 Å². The standard InChI is InChI=1S/C26H24Cl2N4O2/c1-18(33)25-29-32(21-5-3-2-4-6-21)26(31(25)22-11-12-23(27)24(28)17-22)19-7-9-20(10-8-19)30-13-15-34-16-14-30/h2-12,17,26H,13-16H2,1H3. The van der Waals surface area contributed by atoms with E-state index in [0.29, 0.717) is 15.9 Å². The summed E-state index contributed by atoms with van der Waals surface area (Å²) >= 11 is 12.5. The van der Waals surface area contributed by atoms with Crippen LogP contribution in [0.4, 0.5) is 17.1 Å². The van der Waals surface area contributed by atoms with Gasteiger partial charge in [-0.15, -0.1) is 5.10 Å². The number of carbonyl (C=O) groups excluding carboxylic acids is 1. The van der Waals surface area contributed by atoms with E-state index < -0.39 is 0 Å². The molecule has 1 unspecified atom stereocenters. The van der Waals surface area contributed by atoms with Crippen molar-refractivity contribution < 1.29 is 9.53 Å². The smallest absolute Gasteiger partial charge is 0.198 e. The van der Waals surface area contributed by atoms with Crippen molar-refractivity contribution >= 4 is 51.9 Å². The minimum atomic E-state index is -0.378. The predicted molar refractivity (Wildman–Crippen MR) is 138 cm³/mol. The third-order valence-electron chi connectivity index (χ3n) is 5.99. The lowest BCUT2D eigenvalue weighted by molar-refractivity contribution is -0.111. The molecule has 5 rings (SSSR count). The number of morpholine rings is 1. The maximum Gasteiger partial charge on any atom is 0.198 e. The van der Waals surface area contributed by atoms with Crippen LogP contribution in [-0.2, 0) is 9.53 Å². The third-order valence-corrected chi connectivity index (χ3v) is 6.73. The molecule has 3 aromatic rings. The van der Waals surface area contributed by atoms with Crippen molar-refractivity contribution in [1.29, 1.82) is 0 Å². The number of halogens is 2. The van der Waals surface area contributed by atoms with Crippen LogP contribution >= 0.6 is 23.2 Å². The molecule has 1 atom stereocenters. The number of para-hydroxylation sites is 1. The molecule has 1 fully saturated rings. The molecule has 0 N–H and O–H groups in total. The molecule has 0 bridgehead atoms. The summed E-state index contributed by atoms with van der Waals surface area (Å²) < 4.78 is 5.48. The van der Waals surface area contributed by atoms with Crippen molar-refractivity contribution in [3.8, 4) is 0 Å². The maximum absolute atomic E-state index is 12.7. The number of anilines is 3. The first-order valence-corrected chi connectivity index (χ1v) is 11.9. The summed E-state index contributed by atoms with van der Waals surface area (Å²) in [6, 6.07) is 23.6. The van der Waals surface area contributed by atoms with Gasteiger partial charge in [0.2, 0.25) is 0 Å². The van der Waals surface area contributed by atoms with Crippen molar-refractivity contribution in [2.45, 2.75) is 13.1 Å². The number of benzene rings is 3. The first-order chi connectivity index (χ1) is 16.5. The molecule has 34 heavy (non-hydrogen) atoms. The maximum atomic E-state index is 12.7. The zero-order valence-electron chi connectivity index (χ0n) is 18.7. The summed E-state index contributed by atoms with van der Waals surface area (Å²) in [5.74, 6) is 0.198. The molecule has 3 aromatic carbocycles. The molecule has 2 aliphatic heterocycles. The van der Waals surface area contributed by atoms with E-state index in [4.69, 9.17) is 33.0 Å². The van der Waals surface area contributed by atoms with Gasteiger partial charge in [-0.1, -0.05) is 53.5 Å². The zero-order valence-corrected chi connectivity index (χ0v) is 20.2. The van der Waals surface area contributed by atoms with E-state index in [2.05, 4.69) is 29.2 Å². The van der Waals surface area contributed by atoms with Gasteiger partial charge in [0.15, 0.2) is 17.8 Å². The van der Waals surface area contributed by atoms with Gasteiger partial charge in [-0.3, -0.25) is 9.69 Å². The highest BCUT2D eigenvalue weighted by Gasteiger charge is 2.39. The summed E-state index contributed by atoms with van der Waals surface area (Å²) in [5, 5.41) is 7.51. The quantitative estimate of drug-likeness (QED) is 0.451. The van der Waals surface area contributed by atoms with Crippen LogP contribution in [-0.4, -0.2) is 37.9 Å². The zero-order chi connectivity index (χ0) is 23.7. The Hall–Kier alpha value is -3.06. The molecule has 8 heteroatoms. The Labute approximate surface area is 208 Å². The summed E-state index contributed by atoms with van der Waals surface area (Å²) in [4.78, 5) is 16.9. The minimum Gasteiger partial charge on any atom is -0.378 e. The van der Waals surface area contributed by atoms with Crippen LogP contribution in [0.25, 0.3) is 0 Å². The van der Waals surface area contributed by atoms with Crippen LogP contribution in [0, 0.1) is 0 Å². The highest BCUT2D eigenvalue weighted by molar-refractivity contribution is 6.45. The van der Waals surface area contributed by atoms with Crippen LogP contribution < -0.4 is 14.8 Å². The van der Waals surface area contributed by atoms with E-state index in [0.717, 1.165) is 48.9 Å². The van der Waals surface area contributed by atoms with Crippen molar-refractivity contribution in [2.24, 2.45) is 5.10 Å². The molecule has 0 radical (unpaired) electrons. The minimum absolute atomic E-state index is 0.139. The Kier molecular flexibility index (Phi) is 6.46. The van der Waals surface area contributed by atoms with Crippen molar-refractivity contribution in [3.63, 3.8) is 0 Å². The highest BCUT2D eigenvalue weighted by Crippen LogP contribution is 2.41. The number of Topliss-reactive ketones (excluding diaryl/α,β-unsaturated/α-hetero) is 1. The first kappa shape index (κ1) is 22.7. The average Bonchev–Trinajstić information content (AvgIpc) is 3.28. The van der Waals surface area contributed by atoms with Gasteiger partial charge in [0.05, 0.1) is 28.9 Å². The Morgan fingerprint density at radius 3 is 2.21 bits per heavy atom. The number of rotatable bonds is 5. The molecule has 174 valence electrons.